The Hall–Kier alpha value is -2.28. The molecule has 1 aromatic rings. The van der Waals surface area contributed by atoms with Gasteiger partial charge in [-0.05, 0) is 45.4 Å². The van der Waals surface area contributed by atoms with Crippen LogP contribution in [0, 0.1) is 0 Å². The zero-order valence-electron chi connectivity index (χ0n) is 17.7. The van der Waals surface area contributed by atoms with E-state index >= 15 is 0 Å². The molecule has 1 fully saturated rings. The van der Waals surface area contributed by atoms with Gasteiger partial charge in [-0.25, -0.2) is 4.79 Å². The van der Waals surface area contributed by atoms with E-state index in [0.717, 1.165) is 37.6 Å². The maximum absolute atomic E-state index is 12.5. The van der Waals surface area contributed by atoms with Crippen molar-refractivity contribution < 1.29 is 19.1 Å². The van der Waals surface area contributed by atoms with Crippen molar-refractivity contribution in [2.75, 3.05) is 44.8 Å². The molecule has 28 heavy (non-hydrogen) atoms. The first-order valence-corrected chi connectivity index (χ1v) is 9.79. The molecule has 1 aromatic carbocycles. The largest absolute Gasteiger partial charge is 0.444 e. The standard InChI is InChI=1S/C21H33N3O4/c1-16(22-20(26)28-21(2,3)4)15-23(5)19(25)14-17-6-8-18(9-7-17)24-10-12-27-13-11-24/h6-9,16H,10-15H2,1-5H3,(H,22,26). The van der Waals surface area contributed by atoms with Crippen LogP contribution in [-0.2, 0) is 20.7 Å². The van der Waals surface area contributed by atoms with Crippen LogP contribution in [0.25, 0.3) is 0 Å². The number of alkyl carbamates (subject to hydrolysis) is 1. The van der Waals surface area contributed by atoms with Crippen molar-refractivity contribution in [3.8, 4) is 0 Å². The predicted molar refractivity (Wildman–Crippen MR) is 110 cm³/mol. The summed E-state index contributed by atoms with van der Waals surface area (Å²) in [6.45, 7) is 11.0. The van der Waals surface area contributed by atoms with Gasteiger partial charge in [0.2, 0.25) is 5.91 Å². The van der Waals surface area contributed by atoms with Crippen molar-refractivity contribution in [1.82, 2.24) is 10.2 Å². The van der Waals surface area contributed by atoms with Crippen molar-refractivity contribution in [2.45, 2.75) is 45.8 Å². The molecule has 1 aliphatic rings. The lowest BCUT2D eigenvalue weighted by atomic mass is 10.1. The molecular formula is C21H33N3O4. The highest BCUT2D eigenvalue weighted by Gasteiger charge is 2.19. The first kappa shape index (κ1) is 22.0. The van der Waals surface area contributed by atoms with Gasteiger partial charge < -0.3 is 24.6 Å². The first-order valence-electron chi connectivity index (χ1n) is 9.79. The quantitative estimate of drug-likeness (QED) is 0.807. The molecule has 2 amide bonds. The number of carbonyl (C=O) groups excluding carboxylic acids is 2. The second-order valence-corrected chi connectivity index (χ2v) is 8.26. The van der Waals surface area contributed by atoms with Crippen molar-refractivity contribution in [1.29, 1.82) is 0 Å². The monoisotopic (exact) mass is 391 g/mol. The van der Waals surface area contributed by atoms with Crippen molar-refractivity contribution in [2.24, 2.45) is 0 Å². The molecule has 0 aromatic heterocycles. The van der Waals surface area contributed by atoms with Crippen LogP contribution in [0.3, 0.4) is 0 Å². The molecule has 1 aliphatic heterocycles. The van der Waals surface area contributed by atoms with E-state index in [1.54, 1.807) is 11.9 Å². The molecule has 0 bridgehead atoms. The Morgan fingerprint density at radius 1 is 1.21 bits per heavy atom. The molecular weight excluding hydrogens is 358 g/mol. The summed E-state index contributed by atoms with van der Waals surface area (Å²) in [4.78, 5) is 28.2. The first-order chi connectivity index (χ1) is 13.1. The lowest BCUT2D eigenvalue weighted by molar-refractivity contribution is -0.129. The Morgan fingerprint density at radius 3 is 2.39 bits per heavy atom. The molecule has 7 heteroatoms. The van der Waals surface area contributed by atoms with Gasteiger partial charge >= 0.3 is 6.09 Å². The number of nitrogens with one attached hydrogen (secondary N) is 1. The van der Waals surface area contributed by atoms with E-state index in [-0.39, 0.29) is 11.9 Å². The molecule has 1 atom stereocenters. The minimum absolute atomic E-state index is 0.0111. The minimum Gasteiger partial charge on any atom is -0.444 e. The molecule has 1 saturated heterocycles. The normalized spacial score (nSPS) is 15.7. The van der Waals surface area contributed by atoms with Gasteiger partial charge in [0.15, 0.2) is 0 Å². The fourth-order valence-corrected chi connectivity index (χ4v) is 3.02. The van der Waals surface area contributed by atoms with Crippen LogP contribution in [0.2, 0.25) is 0 Å². The van der Waals surface area contributed by atoms with Crippen LogP contribution in [0.4, 0.5) is 10.5 Å². The van der Waals surface area contributed by atoms with Gasteiger partial charge in [-0.1, -0.05) is 12.1 Å². The number of carbonyl (C=O) groups is 2. The summed E-state index contributed by atoms with van der Waals surface area (Å²) in [5, 5.41) is 2.76. The number of anilines is 1. The number of amides is 2. The maximum Gasteiger partial charge on any atom is 0.407 e. The Kier molecular flexibility index (Phi) is 7.69. The van der Waals surface area contributed by atoms with Crippen LogP contribution in [0.5, 0.6) is 0 Å². The van der Waals surface area contributed by atoms with E-state index in [4.69, 9.17) is 9.47 Å². The molecule has 1 unspecified atom stereocenters. The summed E-state index contributed by atoms with van der Waals surface area (Å²) in [5.74, 6) is 0.0111. The van der Waals surface area contributed by atoms with Crippen LogP contribution >= 0.6 is 0 Å². The molecule has 2 rings (SSSR count). The predicted octanol–water partition coefficient (Wildman–Crippen LogP) is 2.44. The summed E-state index contributed by atoms with van der Waals surface area (Å²) in [6.07, 6.45) is -0.140. The number of likely N-dealkylation sites (N-methyl/N-ethyl adjacent to an activating group) is 1. The molecule has 1 N–H and O–H groups in total. The fourth-order valence-electron chi connectivity index (χ4n) is 3.02. The molecule has 156 valence electrons. The third-order valence-corrected chi connectivity index (χ3v) is 4.40. The Labute approximate surface area is 168 Å². The molecule has 0 radical (unpaired) electrons. The molecule has 0 aliphatic carbocycles. The Bertz CT molecular complexity index is 649. The van der Waals surface area contributed by atoms with Gasteiger partial charge in [0, 0.05) is 38.4 Å². The van der Waals surface area contributed by atoms with E-state index in [0.29, 0.717) is 13.0 Å². The summed E-state index contributed by atoms with van der Waals surface area (Å²) in [7, 11) is 1.75. The third kappa shape index (κ3) is 7.38. The Morgan fingerprint density at radius 2 is 1.82 bits per heavy atom. The van der Waals surface area contributed by atoms with Crippen molar-refractivity contribution in [3.05, 3.63) is 29.8 Å². The summed E-state index contributed by atoms with van der Waals surface area (Å²) in [6, 6.07) is 7.91. The van der Waals surface area contributed by atoms with Crippen LogP contribution < -0.4 is 10.2 Å². The average Bonchev–Trinajstić information content (AvgIpc) is 2.61. The van der Waals surface area contributed by atoms with Gasteiger partial charge in [0.05, 0.1) is 19.6 Å². The second kappa shape index (κ2) is 9.78. The maximum atomic E-state index is 12.5. The van der Waals surface area contributed by atoms with Crippen LogP contribution in [0.15, 0.2) is 24.3 Å². The van der Waals surface area contributed by atoms with E-state index in [2.05, 4.69) is 22.3 Å². The van der Waals surface area contributed by atoms with Gasteiger partial charge in [0.1, 0.15) is 5.60 Å². The highest BCUT2D eigenvalue weighted by atomic mass is 16.6. The second-order valence-electron chi connectivity index (χ2n) is 8.26. The number of hydrogen-bond donors (Lipinski definition) is 1. The van der Waals surface area contributed by atoms with Crippen LogP contribution in [0.1, 0.15) is 33.3 Å². The summed E-state index contributed by atoms with van der Waals surface area (Å²) < 4.78 is 10.6. The van der Waals surface area contributed by atoms with Crippen molar-refractivity contribution >= 4 is 17.7 Å². The highest BCUT2D eigenvalue weighted by Crippen LogP contribution is 2.17. The van der Waals surface area contributed by atoms with E-state index in [9.17, 15) is 9.59 Å². The lowest BCUT2D eigenvalue weighted by Gasteiger charge is -2.29. The van der Waals surface area contributed by atoms with Gasteiger partial charge in [-0.15, -0.1) is 0 Å². The van der Waals surface area contributed by atoms with Crippen LogP contribution in [-0.4, -0.2) is 68.4 Å². The number of morpholine rings is 1. The topological polar surface area (TPSA) is 71.1 Å². The van der Waals surface area contributed by atoms with E-state index < -0.39 is 11.7 Å². The lowest BCUT2D eigenvalue weighted by Crippen LogP contribution is -2.44. The van der Waals surface area contributed by atoms with Gasteiger partial charge in [0.25, 0.3) is 0 Å². The molecule has 0 spiro atoms. The zero-order valence-corrected chi connectivity index (χ0v) is 17.7. The highest BCUT2D eigenvalue weighted by molar-refractivity contribution is 5.78. The Balaban J connectivity index is 1.80. The SMILES string of the molecule is CC(CN(C)C(=O)Cc1ccc(N2CCOCC2)cc1)NC(=O)OC(C)(C)C. The third-order valence-electron chi connectivity index (χ3n) is 4.40. The summed E-state index contributed by atoms with van der Waals surface area (Å²) >= 11 is 0. The smallest absolute Gasteiger partial charge is 0.407 e. The molecule has 0 saturated carbocycles. The number of hydrogen-bond acceptors (Lipinski definition) is 5. The number of benzene rings is 1. The van der Waals surface area contributed by atoms with E-state index in [1.807, 2.05) is 39.8 Å². The van der Waals surface area contributed by atoms with Gasteiger partial charge in [-0.2, -0.15) is 0 Å². The zero-order chi connectivity index (χ0) is 20.7. The number of rotatable bonds is 6. The van der Waals surface area contributed by atoms with Gasteiger partial charge in [-0.3, -0.25) is 4.79 Å². The molecule has 7 nitrogen and oxygen atoms in total. The van der Waals surface area contributed by atoms with E-state index in [1.165, 1.54) is 0 Å². The fraction of sp³-hybridized carbons (Fsp3) is 0.619. The number of ether oxygens (including phenoxy) is 2. The minimum atomic E-state index is -0.543. The number of nitrogens with zero attached hydrogens (tertiary/aromatic N) is 2. The summed E-state index contributed by atoms with van der Waals surface area (Å²) in [5.41, 5.74) is 1.59. The average molecular weight is 392 g/mol. The van der Waals surface area contributed by atoms with Crippen molar-refractivity contribution in [3.63, 3.8) is 0 Å². The molecule has 1 heterocycles.